The van der Waals surface area contributed by atoms with E-state index in [0.29, 0.717) is 23.3 Å². The Morgan fingerprint density at radius 2 is 2.11 bits per heavy atom. The minimum atomic E-state index is -0.834. The van der Waals surface area contributed by atoms with Gasteiger partial charge in [-0.3, -0.25) is 4.79 Å². The van der Waals surface area contributed by atoms with Crippen LogP contribution in [0.25, 0.3) is 0 Å². The summed E-state index contributed by atoms with van der Waals surface area (Å²) in [6.07, 6.45) is 0.640. The summed E-state index contributed by atoms with van der Waals surface area (Å²) in [7, 11) is 0. The highest BCUT2D eigenvalue weighted by Crippen LogP contribution is 2.05. The maximum atomic E-state index is 11.6. The van der Waals surface area contributed by atoms with Gasteiger partial charge in [0.1, 0.15) is 11.2 Å². The molecule has 1 heterocycles. The van der Waals surface area contributed by atoms with Crippen molar-refractivity contribution in [3.8, 4) is 0 Å². The van der Waals surface area contributed by atoms with Crippen LogP contribution in [0.15, 0.2) is 22.9 Å². The molecule has 0 aliphatic rings. The minimum Gasteiger partial charge on any atom is -0.447 e. The molecule has 0 atom stereocenters. The third-order valence-electron chi connectivity index (χ3n) is 1.99. The van der Waals surface area contributed by atoms with Gasteiger partial charge < -0.3 is 20.5 Å². The summed E-state index contributed by atoms with van der Waals surface area (Å²) in [5.41, 5.74) is 5.24. The van der Waals surface area contributed by atoms with Gasteiger partial charge in [-0.05, 0) is 28.1 Å². The fourth-order valence-electron chi connectivity index (χ4n) is 1.15. The molecule has 3 N–H and O–H groups in total. The van der Waals surface area contributed by atoms with Crippen molar-refractivity contribution in [1.29, 1.82) is 0 Å². The molecule has 0 radical (unpaired) electrons. The number of aromatic nitrogens is 1. The molecule has 0 aliphatic heterocycles. The average Bonchev–Trinajstić information content (AvgIpc) is 2.38. The standard InChI is InChI=1S/C11H14BrN3O4/c12-9-2-1-8(7-15-9)10(16)14-3-4-18-5-6-19-11(13)17/h1-2,7H,3-6H2,(H2,13,17)(H,14,16). The minimum absolute atomic E-state index is 0.0971. The number of carbonyl (C=O) groups excluding carboxylic acids is 2. The number of hydrogen-bond acceptors (Lipinski definition) is 5. The summed E-state index contributed by atoms with van der Waals surface area (Å²) in [5, 5.41) is 2.67. The van der Waals surface area contributed by atoms with Gasteiger partial charge in [-0.15, -0.1) is 0 Å². The number of amides is 2. The van der Waals surface area contributed by atoms with Gasteiger partial charge in [-0.2, -0.15) is 0 Å². The van der Waals surface area contributed by atoms with Gasteiger partial charge in [-0.25, -0.2) is 9.78 Å². The molecule has 1 rings (SSSR count). The molecule has 0 aromatic carbocycles. The van der Waals surface area contributed by atoms with Crippen molar-refractivity contribution in [2.24, 2.45) is 5.73 Å². The summed E-state index contributed by atoms with van der Waals surface area (Å²) >= 11 is 3.19. The zero-order valence-electron chi connectivity index (χ0n) is 10.1. The highest BCUT2D eigenvalue weighted by atomic mass is 79.9. The zero-order chi connectivity index (χ0) is 14.1. The van der Waals surface area contributed by atoms with Crippen LogP contribution < -0.4 is 11.1 Å². The molecule has 8 heteroatoms. The summed E-state index contributed by atoms with van der Waals surface area (Å²) < 4.78 is 10.3. The van der Waals surface area contributed by atoms with Gasteiger partial charge >= 0.3 is 6.09 Å². The van der Waals surface area contributed by atoms with E-state index in [0.717, 1.165) is 0 Å². The molecule has 7 nitrogen and oxygen atoms in total. The molecular formula is C11H14BrN3O4. The second kappa shape index (κ2) is 8.44. The zero-order valence-corrected chi connectivity index (χ0v) is 11.7. The lowest BCUT2D eigenvalue weighted by Gasteiger charge is -2.06. The Kier molecular flexibility index (Phi) is 6.83. The van der Waals surface area contributed by atoms with Crippen molar-refractivity contribution in [3.63, 3.8) is 0 Å². The Hall–Kier alpha value is -1.67. The fourth-order valence-corrected chi connectivity index (χ4v) is 1.39. The molecule has 0 saturated carbocycles. The topological polar surface area (TPSA) is 104 Å². The molecule has 2 amide bonds. The lowest BCUT2D eigenvalue weighted by atomic mass is 10.3. The van der Waals surface area contributed by atoms with Gasteiger partial charge in [0.25, 0.3) is 5.91 Å². The smallest absolute Gasteiger partial charge is 0.404 e. The van der Waals surface area contributed by atoms with Crippen molar-refractivity contribution in [1.82, 2.24) is 10.3 Å². The van der Waals surface area contributed by atoms with Crippen LogP contribution in [0.3, 0.4) is 0 Å². The van der Waals surface area contributed by atoms with Crippen LogP contribution in [-0.4, -0.2) is 43.3 Å². The Labute approximate surface area is 118 Å². The monoisotopic (exact) mass is 331 g/mol. The number of rotatable bonds is 7. The first kappa shape index (κ1) is 15.4. The number of ether oxygens (including phenoxy) is 2. The van der Waals surface area contributed by atoms with Crippen molar-refractivity contribution in [2.75, 3.05) is 26.4 Å². The molecule has 0 aliphatic carbocycles. The lowest BCUT2D eigenvalue weighted by molar-refractivity contribution is 0.0745. The molecule has 1 aromatic rings. The van der Waals surface area contributed by atoms with Crippen molar-refractivity contribution < 1.29 is 19.1 Å². The van der Waals surface area contributed by atoms with Gasteiger partial charge in [0.2, 0.25) is 0 Å². The number of primary amides is 1. The van der Waals surface area contributed by atoms with Crippen molar-refractivity contribution in [3.05, 3.63) is 28.5 Å². The van der Waals surface area contributed by atoms with Crippen molar-refractivity contribution >= 4 is 27.9 Å². The lowest BCUT2D eigenvalue weighted by Crippen LogP contribution is -2.28. The van der Waals surface area contributed by atoms with Crippen LogP contribution in [-0.2, 0) is 9.47 Å². The normalized spacial score (nSPS) is 9.95. The van der Waals surface area contributed by atoms with E-state index in [9.17, 15) is 9.59 Å². The first-order valence-electron chi connectivity index (χ1n) is 5.49. The van der Waals surface area contributed by atoms with Crippen LogP contribution in [0, 0.1) is 0 Å². The first-order chi connectivity index (χ1) is 9.09. The number of nitrogens with one attached hydrogen (secondary N) is 1. The quantitative estimate of drug-likeness (QED) is 0.565. The van der Waals surface area contributed by atoms with E-state index in [-0.39, 0.29) is 19.1 Å². The number of halogens is 1. The van der Waals surface area contributed by atoms with Gasteiger partial charge in [0.15, 0.2) is 0 Å². The fraction of sp³-hybridized carbons (Fsp3) is 0.364. The summed E-state index contributed by atoms with van der Waals surface area (Å²) in [5.74, 6) is -0.225. The Morgan fingerprint density at radius 1 is 1.32 bits per heavy atom. The highest BCUT2D eigenvalue weighted by Gasteiger charge is 2.04. The SMILES string of the molecule is NC(=O)OCCOCCNC(=O)c1ccc(Br)nc1. The number of nitrogens with two attached hydrogens (primary N) is 1. The predicted octanol–water partition coefficient (Wildman–Crippen LogP) is 0.686. The third kappa shape index (κ3) is 6.73. The van der Waals surface area contributed by atoms with E-state index >= 15 is 0 Å². The third-order valence-corrected chi connectivity index (χ3v) is 2.46. The molecule has 104 valence electrons. The van der Waals surface area contributed by atoms with Gasteiger partial charge in [0, 0.05) is 12.7 Å². The molecule has 0 saturated heterocycles. The Bertz CT molecular complexity index is 424. The summed E-state index contributed by atoms with van der Waals surface area (Å²) in [6, 6.07) is 3.35. The molecule has 1 aromatic heterocycles. The molecule has 0 fully saturated rings. The van der Waals surface area contributed by atoms with E-state index in [1.807, 2.05) is 0 Å². The molecule has 19 heavy (non-hydrogen) atoms. The van der Waals surface area contributed by atoms with E-state index < -0.39 is 6.09 Å². The molecule has 0 spiro atoms. The molecular weight excluding hydrogens is 318 g/mol. The molecule has 0 bridgehead atoms. The number of nitrogens with zero attached hydrogens (tertiary/aromatic N) is 1. The number of carbonyl (C=O) groups is 2. The summed E-state index contributed by atoms with van der Waals surface area (Å²) in [4.78, 5) is 25.8. The van der Waals surface area contributed by atoms with E-state index in [1.54, 1.807) is 12.1 Å². The summed E-state index contributed by atoms with van der Waals surface area (Å²) in [6.45, 7) is 1.00. The molecule has 0 unspecified atom stereocenters. The second-order valence-corrected chi connectivity index (χ2v) is 4.22. The van der Waals surface area contributed by atoms with Crippen LogP contribution in [0.2, 0.25) is 0 Å². The number of hydrogen-bond donors (Lipinski definition) is 2. The predicted molar refractivity (Wildman–Crippen MR) is 70.6 cm³/mol. The van der Waals surface area contributed by atoms with Crippen LogP contribution in [0.5, 0.6) is 0 Å². The highest BCUT2D eigenvalue weighted by molar-refractivity contribution is 9.10. The second-order valence-electron chi connectivity index (χ2n) is 3.41. The van der Waals surface area contributed by atoms with Crippen LogP contribution in [0.1, 0.15) is 10.4 Å². The average molecular weight is 332 g/mol. The van der Waals surface area contributed by atoms with Gasteiger partial charge in [0.05, 0.1) is 18.8 Å². The van der Waals surface area contributed by atoms with Gasteiger partial charge in [-0.1, -0.05) is 0 Å². The maximum Gasteiger partial charge on any atom is 0.404 e. The van der Waals surface area contributed by atoms with E-state index in [2.05, 4.69) is 31.0 Å². The van der Waals surface area contributed by atoms with E-state index in [1.165, 1.54) is 6.20 Å². The van der Waals surface area contributed by atoms with Crippen LogP contribution >= 0.6 is 15.9 Å². The van der Waals surface area contributed by atoms with Crippen molar-refractivity contribution in [2.45, 2.75) is 0 Å². The number of pyridine rings is 1. The first-order valence-corrected chi connectivity index (χ1v) is 6.28. The largest absolute Gasteiger partial charge is 0.447 e. The Balaban J connectivity index is 2.11. The maximum absolute atomic E-state index is 11.6. The van der Waals surface area contributed by atoms with E-state index in [4.69, 9.17) is 10.5 Å². The van der Waals surface area contributed by atoms with Crippen LogP contribution in [0.4, 0.5) is 4.79 Å². The Morgan fingerprint density at radius 3 is 2.74 bits per heavy atom.